The fraction of sp³-hybridized carbons (Fsp3) is 0.385. The van der Waals surface area contributed by atoms with Gasteiger partial charge in [0.25, 0.3) is 0 Å². The maximum absolute atomic E-state index is 12.4. The van der Waals surface area contributed by atoms with Crippen LogP contribution in [0.5, 0.6) is 0 Å². The number of thiazole rings is 1. The van der Waals surface area contributed by atoms with Crippen molar-refractivity contribution in [3.63, 3.8) is 0 Å². The predicted molar refractivity (Wildman–Crippen MR) is 85.0 cm³/mol. The normalized spacial score (nSPS) is 15.3. The van der Waals surface area contributed by atoms with Crippen molar-refractivity contribution >= 4 is 39.1 Å². The number of amides is 1. The van der Waals surface area contributed by atoms with Gasteiger partial charge in [0.2, 0.25) is 5.91 Å². The van der Waals surface area contributed by atoms with Gasteiger partial charge in [-0.1, -0.05) is 29.0 Å². The topological polar surface area (TPSA) is 75.0 Å². The third-order valence-corrected chi connectivity index (χ3v) is 5.12. The van der Waals surface area contributed by atoms with Gasteiger partial charge < -0.3 is 4.90 Å². The summed E-state index contributed by atoms with van der Waals surface area (Å²) < 4.78 is 2.13. The number of hydrogen-bond acceptors (Lipinski definition) is 5. The first kappa shape index (κ1) is 15.0. The minimum atomic E-state index is -0.204. The largest absolute Gasteiger partial charge is 0.337 e. The lowest BCUT2D eigenvalue weighted by Crippen LogP contribution is -2.48. The monoisotopic (exact) mass is 340 g/mol. The van der Waals surface area contributed by atoms with Gasteiger partial charge in [0.15, 0.2) is 0 Å². The number of hydrogen-bond donors (Lipinski definition) is 0. The average Bonchev–Trinajstić information content (AvgIpc) is 2.85. The molecule has 0 N–H and O–H groups in total. The summed E-state index contributed by atoms with van der Waals surface area (Å²) in [5.74, 6) is -0.146. The Labute approximate surface area is 134 Å². The molecular formula is C13H13ClN4O3S. The van der Waals surface area contributed by atoms with Crippen LogP contribution in [0, 0.1) is 4.91 Å². The van der Waals surface area contributed by atoms with Crippen molar-refractivity contribution in [3.8, 4) is 0 Å². The molecule has 3 rings (SSSR count). The molecule has 1 aliphatic rings. The van der Waals surface area contributed by atoms with Gasteiger partial charge >= 0.3 is 4.87 Å². The number of piperazine rings is 1. The quantitative estimate of drug-likeness (QED) is 0.794. The molecule has 1 saturated heterocycles. The molecule has 0 aliphatic carbocycles. The van der Waals surface area contributed by atoms with Crippen LogP contribution in [0.25, 0.3) is 10.2 Å². The van der Waals surface area contributed by atoms with Gasteiger partial charge in [-0.3, -0.25) is 19.2 Å². The van der Waals surface area contributed by atoms with Gasteiger partial charge in [-0.25, -0.2) is 0 Å². The van der Waals surface area contributed by atoms with Crippen molar-refractivity contribution in [3.05, 3.63) is 37.8 Å². The summed E-state index contributed by atoms with van der Waals surface area (Å²) in [6.07, 6.45) is 0. The molecule has 0 radical (unpaired) electrons. The van der Waals surface area contributed by atoms with Crippen LogP contribution in [0.3, 0.4) is 0 Å². The summed E-state index contributed by atoms with van der Waals surface area (Å²) in [4.78, 5) is 36.3. The molecular weight excluding hydrogens is 328 g/mol. The molecule has 116 valence electrons. The summed E-state index contributed by atoms with van der Waals surface area (Å²) in [6, 6.07) is 5.25. The molecule has 0 saturated carbocycles. The van der Waals surface area contributed by atoms with Crippen LogP contribution < -0.4 is 4.87 Å². The lowest BCUT2D eigenvalue weighted by molar-refractivity contribution is -0.133. The summed E-state index contributed by atoms with van der Waals surface area (Å²) in [5, 5.41) is 4.75. The average molecular weight is 341 g/mol. The zero-order valence-electron chi connectivity index (χ0n) is 11.6. The van der Waals surface area contributed by atoms with Crippen LogP contribution in [0.15, 0.2) is 28.3 Å². The number of nitroso groups, excluding NO2 is 1. The number of halogens is 1. The van der Waals surface area contributed by atoms with E-state index in [4.69, 9.17) is 11.6 Å². The zero-order chi connectivity index (χ0) is 15.7. The smallest absolute Gasteiger partial charge is 0.308 e. The zero-order valence-corrected chi connectivity index (χ0v) is 13.1. The Morgan fingerprint density at radius 3 is 2.68 bits per heavy atom. The van der Waals surface area contributed by atoms with Gasteiger partial charge in [0.1, 0.15) is 6.54 Å². The van der Waals surface area contributed by atoms with Gasteiger partial charge in [0.05, 0.1) is 33.6 Å². The van der Waals surface area contributed by atoms with Crippen LogP contribution in [0.2, 0.25) is 5.02 Å². The summed E-state index contributed by atoms with van der Waals surface area (Å²) in [6.45, 7) is 1.68. The molecule has 1 fully saturated rings. The third-order valence-electron chi connectivity index (χ3n) is 3.66. The lowest BCUT2D eigenvalue weighted by Gasteiger charge is -2.31. The van der Waals surface area contributed by atoms with E-state index in [0.29, 0.717) is 41.4 Å². The van der Waals surface area contributed by atoms with E-state index in [1.165, 1.54) is 9.58 Å². The fourth-order valence-electron chi connectivity index (χ4n) is 2.46. The fourth-order valence-corrected chi connectivity index (χ4v) is 3.65. The maximum atomic E-state index is 12.4. The van der Waals surface area contributed by atoms with E-state index in [1.807, 2.05) is 0 Å². The molecule has 0 atom stereocenters. The van der Waals surface area contributed by atoms with E-state index in [2.05, 4.69) is 5.29 Å². The van der Waals surface area contributed by atoms with Crippen LogP contribution >= 0.6 is 22.9 Å². The first-order chi connectivity index (χ1) is 10.6. The number of aromatic nitrogens is 1. The standard InChI is InChI=1S/C13H13ClN4O3S/c14-9-2-1-3-10-12(9)22-13(20)18(10)8-11(19)16-4-6-17(15-21)7-5-16/h1-3H,4-8H2. The Balaban J connectivity index is 1.80. The van der Waals surface area contributed by atoms with E-state index in [0.717, 1.165) is 11.3 Å². The molecule has 2 aromatic rings. The van der Waals surface area contributed by atoms with Crippen molar-refractivity contribution in [2.45, 2.75) is 6.54 Å². The highest BCUT2D eigenvalue weighted by atomic mass is 35.5. The molecule has 2 heterocycles. The second-order valence-corrected chi connectivity index (χ2v) is 6.33. The number of carbonyl (C=O) groups excluding carboxylic acids is 1. The molecule has 9 heteroatoms. The van der Waals surface area contributed by atoms with Gasteiger partial charge in [-0.15, -0.1) is 4.91 Å². The minimum Gasteiger partial charge on any atom is -0.337 e. The molecule has 7 nitrogen and oxygen atoms in total. The number of fused-ring (bicyclic) bond motifs is 1. The third kappa shape index (κ3) is 2.71. The van der Waals surface area contributed by atoms with E-state index in [1.54, 1.807) is 23.1 Å². The highest BCUT2D eigenvalue weighted by Crippen LogP contribution is 2.25. The Bertz CT molecular complexity index is 779. The Kier molecular flexibility index (Phi) is 4.12. The van der Waals surface area contributed by atoms with E-state index >= 15 is 0 Å². The minimum absolute atomic E-state index is 0.0201. The maximum Gasteiger partial charge on any atom is 0.308 e. The van der Waals surface area contributed by atoms with Crippen LogP contribution in [-0.4, -0.2) is 46.6 Å². The van der Waals surface area contributed by atoms with Crippen LogP contribution in [0.4, 0.5) is 0 Å². The van der Waals surface area contributed by atoms with Crippen molar-refractivity contribution in [2.75, 3.05) is 26.2 Å². The second kappa shape index (κ2) is 6.05. The molecule has 0 spiro atoms. The number of rotatable bonds is 3. The molecule has 1 amide bonds. The predicted octanol–water partition coefficient (Wildman–Crippen LogP) is 1.54. The second-order valence-electron chi connectivity index (χ2n) is 4.96. The molecule has 1 aromatic heterocycles. The van der Waals surface area contributed by atoms with Crippen molar-refractivity contribution < 1.29 is 4.79 Å². The van der Waals surface area contributed by atoms with Gasteiger partial charge in [-0.2, -0.15) is 0 Å². The number of carbonyl (C=O) groups is 1. The van der Waals surface area contributed by atoms with Crippen LogP contribution in [-0.2, 0) is 11.3 Å². The van der Waals surface area contributed by atoms with Crippen molar-refractivity contribution in [1.29, 1.82) is 0 Å². The van der Waals surface area contributed by atoms with E-state index in [-0.39, 0.29) is 17.3 Å². The Morgan fingerprint density at radius 2 is 2.00 bits per heavy atom. The number of benzene rings is 1. The molecule has 0 bridgehead atoms. The molecule has 22 heavy (non-hydrogen) atoms. The Hall–Kier alpha value is -1.93. The lowest BCUT2D eigenvalue weighted by atomic mass is 10.3. The molecule has 1 aliphatic heterocycles. The van der Waals surface area contributed by atoms with Gasteiger partial charge in [-0.05, 0) is 12.1 Å². The highest BCUT2D eigenvalue weighted by Gasteiger charge is 2.22. The summed E-state index contributed by atoms with van der Waals surface area (Å²) >= 11 is 7.12. The Morgan fingerprint density at radius 1 is 1.27 bits per heavy atom. The summed E-state index contributed by atoms with van der Waals surface area (Å²) in [7, 11) is 0. The highest BCUT2D eigenvalue weighted by molar-refractivity contribution is 7.17. The SMILES string of the molecule is O=NN1CCN(C(=O)Cn2c(=O)sc3c(Cl)cccc32)CC1. The first-order valence-electron chi connectivity index (χ1n) is 6.74. The van der Waals surface area contributed by atoms with E-state index in [9.17, 15) is 14.5 Å². The molecule has 1 aromatic carbocycles. The van der Waals surface area contributed by atoms with Crippen molar-refractivity contribution in [1.82, 2.24) is 14.5 Å². The first-order valence-corrected chi connectivity index (χ1v) is 7.93. The summed E-state index contributed by atoms with van der Waals surface area (Å²) in [5.41, 5.74) is 0.670. The van der Waals surface area contributed by atoms with E-state index < -0.39 is 0 Å². The van der Waals surface area contributed by atoms with Crippen molar-refractivity contribution in [2.24, 2.45) is 5.29 Å². The van der Waals surface area contributed by atoms with Gasteiger partial charge in [0, 0.05) is 13.1 Å². The number of nitrogens with zero attached hydrogens (tertiary/aromatic N) is 4. The van der Waals surface area contributed by atoms with Crippen LogP contribution in [0.1, 0.15) is 0 Å². The molecule has 0 unspecified atom stereocenters.